The van der Waals surface area contributed by atoms with Gasteiger partial charge in [-0.05, 0) is 86.5 Å². The molecule has 1 heterocycles. The number of amides is 1. The summed E-state index contributed by atoms with van der Waals surface area (Å²) in [5.41, 5.74) is 5.25. The van der Waals surface area contributed by atoms with Gasteiger partial charge < -0.3 is 5.32 Å². The van der Waals surface area contributed by atoms with Crippen molar-refractivity contribution in [1.82, 2.24) is 10.2 Å². The third-order valence-corrected chi connectivity index (χ3v) is 6.26. The van der Waals surface area contributed by atoms with E-state index in [9.17, 15) is 9.18 Å². The van der Waals surface area contributed by atoms with Crippen molar-refractivity contribution in [1.29, 1.82) is 0 Å². The van der Waals surface area contributed by atoms with Gasteiger partial charge >= 0.3 is 0 Å². The summed E-state index contributed by atoms with van der Waals surface area (Å²) < 4.78 is 13.0. The smallest absolute Gasteiger partial charge is 0.223 e. The Morgan fingerprint density at radius 1 is 1.11 bits per heavy atom. The molecular weight excluding hydrogens is 351 g/mol. The molecule has 2 aromatic carbocycles. The van der Waals surface area contributed by atoms with Crippen molar-refractivity contribution in [3.63, 3.8) is 0 Å². The summed E-state index contributed by atoms with van der Waals surface area (Å²) in [4.78, 5) is 15.1. The average molecular weight is 381 g/mol. The SMILES string of the molecule is CC(NC(=O)C1CCN(Cc2ccc(F)cc2)CC1)c1ccc2c(c1)CCC2. The van der Waals surface area contributed by atoms with Gasteiger partial charge in [0.05, 0.1) is 6.04 Å². The average Bonchev–Trinajstić information content (AvgIpc) is 3.18. The first-order valence-electron chi connectivity index (χ1n) is 10.5. The maximum absolute atomic E-state index is 13.0. The summed E-state index contributed by atoms with van der Waals surface area (Å²) in [5.74, 6) is 0.0624. The number of carbonyl (C=O) groups excluding carboxylic acids is 1. The van der Waals surface area contributed by atoms with Crippen LogP contribution in [-0.4, -0.2) is 23.9 Å². The quantitative estimate of drug-likeness (QED) is 0.834. The molecule has 1 saturated heterocycles. The van der Waals surface area contributed by atoms with Crippen molar-refractivity contribution in [3.05, 3.63) is 70.5 Å². The Bertz CT molecular complexity index is 825. The Morgan fingerprint density at radius 2 is 1.82 bits per heavy atom. The van der Waals surface area contributed by atoms with Gasteiger partial charge in [0.15, 0.2) is 0 Å². The number of piperidine rings is 1. The molecule has 1 aliphatic heterocycles. The van der Waals surface area contributed by atoms with Gasteiger partial charge in [0.2, 0.25) is 5.91 Å². The third kappa shape index (κ3) is 4.44. The van der Waals surface area contributed by atoms with Gasteiger partial charge in [-0.2, -0.15) is 0 Å². The van der Waals surface area contributed by atoms with Crippen molar-refractivity contribution in [2.45, 2.75) is 51.6 Å². The summed E-state index contributed by atoms with van der Waals surface area (Å²) in [6.07, 6.45) is 5.35. The summed E-state index contributed by atoms with van der Waals surface area (Å²) in [7, 11) is 0. The Kier molecular flexibility index (Phi) is 5.77. The van der Waals surface area contributed by atoms with E-state index in [1.165, 1.54) is 41.7 Å². The summed E-state index contributed by atoms with van der Waals surface area (Å²) in [6.45, 7) is 4.71. The molecule has 4 heteroatoms. The van der Waals surface area contributed by atoms with Crippen LogP contribution in [0.1, 0.15) is 54.5 Å². The van der Waals surface area contributed by atoms with Crippen LogP contribution in [0.15, 0.2) is 42.5 Å². The van der Waals surface area contributed by atoms with Crippen molar-refractivity contribution in [2.75, 3.05) is 13.1 Å². The number of nitrogens with one attached hydrogen (secondary N) is 1. The predicted octanol–water partition coefficient (Wildman–Crippen LogP) is 4.40. The number of rotatable bonds is 5. The van der Waals surface area contributed by atoms with E-state index in [1.807, 2.05) is 12.1 Å². The van der Waals surface area contributed by atoms with E-state index in [-0.39, 0.29) is 23.7 Å². The molecule has 1 unspecified atom stereocenters. The summed E-state index contributed by atoms with van der Waals surface area (Å²) in [5, 5.41) is 3.23. The molecule has 0 bridgehead atoms. The molecule has 0 radical (unpaired) electrons. The van der Waals surface area contributed by atoms with Gasteiger partial charge in [-0.3, -0.25) is 9.69 Å². The zero-order valence-corrected chi connectivity index (χ0v) is 16.6. The number of carbonyl (C=O) groups is 1. The number of likely N-dealkylation sites (tertiary alicyclic amines) is 1. The third-order valence-electron chi connectivity index (χ3n) is 6.26. The van der Waals surface area contributed by atoms with Crippen LogP contribution in [0.4, 0.5) is 4.39 Å². The lowest BCUT2D eigenvalue weighted by atomic mass is 9.94. The van der Waals surface area contributed by atoms with Crippen molar-refractivity contribution in [3.8, 4) is 0 Å². The Labute approximate surface area is 166 Å². The highest BCUT2D eigenvalue weighted by atomic mass is 19.1. The fourth-order valence-corrected chi connectivity index (χ4v) is 4.48. The van der Waals surface area contributed by atoms with Crippen molar-refractivity contribution >= 4 is 5.91 Å². The zero-order valence-electron chi connectivity index (χ0n) is 16.6. The molecule has 1 aliphatic carbocycles. The maximum Gasteiger partial charge on any atom is 0.223 e. The van der Waals surface area contributed by atoms with Crippen LogP contribution >= 0.6 is 0 Å². The van der Waals surface area contributed by atoms with E-state index in [2.05, 4.69) is 35.3 Å². The molecule has 1 atom stereocenters. The number of nitrogens with zero attached hydrogens (tertiary/aromatic N) is 1. The van der Waals surface area contributed by atoms with Gasteiger partial charge in [0, 0.05) is 12.5 Å². The van der Waals surface area contributed by atoms with Crippen LogP contribution in [-0.2, 0) is 24.2 Å². The largest absolute Gasteiger partial charge is 0.349 e. The molecule has 3 nitrogen and oxygen atoms in total. The second-order valence-electron chi connectivity index (χ2n) is 8.29. The molecule has 2 aliphatic rings. The normalized spacial score (nSPS) is 18.6. The number of halogens is 1. The maximum atomic E-state index is 13.0. The fourth-order valence-electron chi connectivity index (χ4n) is 4.48. The van der Waals surface area contributed by atoms with E-state index in [1.54, 1.807) is 0 Å². The number of hydrogen-bond donors (Lipinski definition) is 1. The first-order valence-corrected chi connectivity index (χ1v) is 10.5. The summed E-state index contributed by atoms with van der Waals surface area (Å²) >= 11 is 0. The molecule has 2 aromatic rings. The molecule has 148 valence electrons. The first-order chi connectivity index (χ1) is 13.6. The van der Waals surface area contributed by atoms with Gasteiger partial charge in [-0.15, -0.1) is 0 Å². The van der Waals surface area contributed by atoms with Gasteiger partial charge in [0.25, 0.3) is 0 Å². The first kappa shape index (κ1) is 19.1. The van der Waals surface area contributed by atoms with Crippen LogP contribution in [0.2, 0.25) is 0 Å². The van der Waals surface area contributed by atoms with Crippen molar-refractivity contribution < 1.29 is 9.18 Å². The number of aryl methyl sites for hydroxylation is 2. The molecule has 0 saturated carbocycles. The molecule has 4 rings (SSSR count). The number of fused-ring (bicyclic) bond motifs is 1. The summed E-state index contributed by atoms with van der Waals surface area (Å²) in [6, 6.07) is 13.4. The predicted molar refractivity (Wildman–Crippen MR) is 109 cm³/mol. The Hall–Kier alpha value is -2.20. The highest BCUT2D eigenvalue weighted by Crippen LogP contribution is 2.26. The number of hydrogen-bond acceptors (Lipinski definition) is 2. The lowest BCUT2D eigenvalue weighted by Crippen LogP contribution is -2.40. The lowest BCUT2D eigenvalue weighted by molar-refractivity contribution is -0.127. The van der Waals surface area contributed by atoms with Crippen LogP contribution in [0, 0.1) is 11.7 Å². The van der Waals surface area contributed by atoms with E-state index in [0.717, 1.165) is 44.5 Å². The zero-order chi connectivity index (χ0) is 19.5. The van der Waals surface area contributed by atoms with Crippen LogP contribution in [0.3, 0.4) is 0 Å². The molecular formula is C24H29FN2O. The molecule has 28 heavy (non-hydrogen) atoms. The molecule has 1 fully saturated rings. The minimum absolute atomic E-state index is 0.0515. The second kappa shape index (κ2) is 8.44. The standard InChI is InChI=1S/C24H29FN2O/c1-17(21-8-7-19-3-2-4-22(19)15-21)26-24(28)20-11-13-27(14-12-20)16-18-5-9-23(25)10-6-18/h5-10,15,17,20H,2-4,11-14,16H2,1H3,(H,26,28). The minimum atomic E-state index is -0.198. The molecule has 0 spiro atoms. The topological polar surface area (TPSA) is 32.3 Å². The molecule has 0 aromatic heterocycles. The van der Waals surface area contributed by atoms with E-state index < -0.39 is 0 Å². The minimum Gasteiger partial charge on any atom is -0.349 e. The second-order valence-corrected chi connectivity index (χ2v) is 8.29. The fraction of sp³-hybridized carbons (Fsp3) is 0.458. The van der Waals surface area contributed by atoms with Gasteiger partial charge in [-0.1, -0.05) is 30.3 Å². The Morgan fingerprint density at radius 3 is 2.57 bits per heavy atom. The van der Waals surface area contributed by atoms with E-state index >= 15 is 0 Å². The van der Waals surface area contributed by atoms with Gasteiger partial charge in [0.1, 0.15) is 5.82 Å². The Balaban J connectivity index is 1.27. The highest BCUT2D eigenvalue weighted by molar-refractivity contribution is 5.79. The molecule has 1 N–H and O–H groups in total. The van der Waals surface area contributed by atoms with Gasteiger partial charge in [-0.25, -0.2) is 4.39 Å². The molecule has 1 amide bonds. The highest BCUT2D eigenvalue weighted by Gasteiger charge is 2.26. The lowest BCUT2D eigenvalue weighted by Gasteiger charge is -2.32. The number of benzene rings is 2. The van der Waals surface area contributed by atoms with Crippen molar-refractivity contribution in [2.24, 2.45) is 5.92 Å². The van der Waals surface area contributed by atoms with Crippen LogP contribution in [0.5, 0.6) is 0 Å². The monoisotopic (exact) mass is 380 g/mol. The van der Waals surface area contributed by atoms with Crippen LogP contribution in [0.25, 0.3) is 0 Å². The van der Waals surface area contributed by atoms with E-state index in [4.69, 9.17) is 0 Å². The van der Waals surface area contributed by atoms with E-state index in [0.29, 0.717) is 0 Å². The van der Waals surface area contributed by atoms with Crippen LogP contribution < -0.4 is 5.32 Å².